The van der Waals surface area contributed by atoms with Gasteiger partial charge in [0.2, 0.25) is 9.84 Å². The van der Waals surface area contributed by atoms with Crippen LogP contribution in [0.15, 0.2) is 59.1 Å². The highest BCUT2D eigenvalue weighted by atomic mass is 32.2. The number of hydrogen-bond donors (Lipinski definition) is 0. The summed E-state index contributed by atoms with van der Waals surface area (Å²) in [5.74, 6) is -1.83. The van der Waals surface area contributed by atoms with E-state index in [9.17, 15) is 26.0 Å². The number of alkyl halides is 3. The van der Waals surface area contributed by atoms with Crippen LogP contribution in [0.2, 0.25) is 0 Å². The fraction of sp³-hybridized carbons (Fsp3) is 0.227. The van der Waals surface area contributed by atoms with Crippen molar-refractivity contribution >= 4 is 21.2 Å². The van der Waals surface area contributed by atoms with Crippen LogP contribution in [0.1, 0.15) is 36.6 Å². The van der Waals surface area contributed by atoms with Gasteiger partial charge in [0.05, 0.1) is 17.0 Å². The second-order valence-corrected chi connectivity index (χ2v) is 10.5. The summed E-state index contributed by atoms with van der Waals surface area (Å²) in [5, 5.41) is 9.74. The first-order valence-corrected chi connectivity index (χ1v) is 12.6. The van der Waals surface area contributed by atoms with E-state index >= 15 is 0 Å². The lowest BCUT2D eigenvalue weighted by Gasteiger charge is -2.11. The van der Waals surface area contributed by atoms with Gasteiger partial charge in [-0.1, -0.05) is 38.1 Å². The first-order chi connectivity index (χ1) is 16.0. The van der Waals surface area contributed by atoms with E-state index < -0.39 is 43.9 Å². The van der Waals surface area contributed by atoms with Crippen molar-refractivity contribution in [3.05, 3.63) is 76.5 Å². The number of thiazole rings is 1. The molecule has 0 saturated carbocycles. The van der Waals surface area contributed by atoms with Crippen molar-refractivity contribution in [3.8, 4) is 16.5 Å². The third-order valence-corrected chi connectivity index (χ3v) is 7.32. The molecule has 0 saturated heterocycles. The van der Waals surface area contributed by atoms with Crippen LogP contribution in [0.25, 0.3) is 16.5 Å². The van der Waals surface area contributed by atoms with Gasteiger partial charge in [0.1, 0.15) is 5.82 Å². The monoisotopic (exact) mass is 510 g/mol. The van der Waals surface area contributed by atoms with Crippen molar-refractivity contribution in [3.63, 3.8) is 0 Å². The lowest BCUT2D eigenvalue weighted by atomic mass is 10.1. The van der Waals surface area contributed by atoms with Gasteiger partial charge in [-0.3, -0.25) is 4.57 Å². The molecular weight excluding hydrogens is 492 g/mol. The zero-order valence-electron chi connectivity index (χ0n) is 17.9. The number of rotatable bonds is 6. The van der Waals surface area contributed by atoms with Crippen LogP contribution < -0.4 is 0 Å². The van der Waals surface area contributed by atoms with Crippen molar-refractivity contribution in [2.24, 2.45) is 0 Å². The van der Waals surface area contributed by atoms with Gasteiger partial charge >= 0.3 is 6.18 Å². The molecule has 0 radical (unpaired) electrons. The Morgan fingerprint density at radius 1 is 1.06 bits per heavy atom. The van der Waals surface area contributed by atoms with Gasteiger partial charge in [0.15, 0.2) is 10.8 Å². The summed E-state index contributed by atoms with van der Waals surface area (Å²) in [6.45, 7) is 3.94. The van der Waals surface area contributed by atoms with Gasteiger partial charge in [-0.2, -0.15) is 13.2 Å². The summed E-state index contributed by atoms with van der Waals surface area (Å²) < 4.78 is 80.7. The fourth-order valence-electron chi connectivity index (χ4n) is 3.18. The summed E-state index contributed by atoms with van der Waals surface area (Å²) in [4.78, 5) is 4.53. The summed E-state index contributed by atoms with van der Waals surface area (Å²) in [5.41, 5.74) is -0.367. The highest BCUT2D eigenvalue weighted by Gasteiger charge is 2.33. The molecule has 4 rings (SSSR count). The van der Waals surface area contributed by atoms with Crippen LogP contribution in [0.5, 0.6) is 0 Å². The molecule has 0 unspecified atom stereocenters. The van der Waals surface area contributed by atoms with Crippen LogP contribution in [-0.2, 0) is 21.8 Å². The molecule has 0 aliphatic carbocycles. The minimum Gasteiger partial charge on any atom is -0.264 e. The third kappa shape index (κ3) is 4.73. The van der Waals surface area contributed by atoms with Crippen LogP contribution in [0.3, 0.4) is 0 Å². The smallest absolute Gasteiger partial charge is 0.264 e. The standard InChI is InChI=1S/C22H18F4N4O2S2/c1-13(2)18-11-33-20(27-18)19-28-29-21(30(19)16-6-4-3-5-7-16)34(31,32)12-14-8-9-15(10-17(14)23)22(24,25)26/h3-11,13H,12H2,1-2H3. The largest absolute Gasteiger partial charge is 0.416 e. The third-order valence-electron chi connectivity index (χ3n) is 4.96. The van der Waals surface area contributed by atoms with Crippen LogP contribution in [0, 0.1) is 5.82 Å². The van der Waals surface area contributed by atoms with E-state index in [-0.39, 0.29) is 17.8 Å². The van der Waals surface area contributed by atoms with E-state index in [0.717, 1.165) is 11.8 Å². The Kier molecular flexibility index (Phi) is 6.30. The normalized spacial score (nSPS) is 12.4. The van der Waals surface area contributed by atoms with Gasteiger partial charge < -0.3 is 0 Å². The number of hydrogen-bond acceptors (Lipinski definition) is 6. The van der Waals surface area contributed by atoms with Crippen LogP contribution in [-0.4, -0.2) is 28.2 Å². The number of nitrogens with zero attached hydrogens (tertiary/aromatic N) is 4. The Morgan fingerprint density at radius 3 is 2.35 bits per heavy atom. The Labute approximate surface area is 196 Å². The molecule has 6 nitrogen and oxygen atoms in total. The number of para-hydroxylation sites is 1. The maximum Gasteiger partial charge on any atom is 0.416 e. The summed E-state index contributed by atoms with van der Waals surface area (Å²) >= 11 is 1.28. The number of sulfone groups is 1. The maximum absolute atomic E-state index is 14.4. The quantitative estimate of drug-likeness (QED) is 0.314. The average Bonchev–Trinajstić information content (AvgIpc) is 3.42. The SMILES string of the molecule is CC(C)c1csc(-c2nnc(S(=O)(=O)Cc3ccc(C(F)(F)F)cc3F)n2-c2ccccc2)n1. The first-order valence-electron chi connectivity index (χ1n) is 10.0. The molecule has 0 fully saturated rings. The van der Waals surface area contributed by atoms with E-state index in [4.69, 9.17) is 0 Å². The van der Waals surface area contributed by atoms with E-state index in [1.54, 1.807) is 30.3 Å². The second kappa shape index (κ2) is 8.91. The molecule has 0 spiro atoms. The highest BCUT2D eigenvalue weighted by Crippen LogP contribution is 2.33. The average molecular weight is 511 g/mol. The van der Waals surface area contributed by atoms with Crippen LogP contribution >= 0.6 is 11.3 Å². The summed E-state index contributed by atoms with van der Waals surface area (Å²) in [7, 11) is -4.31. The molecule has 0 aliphatic heterocycles. The predicted molar refractivity (Wildman–Crippen MR) is 119 cm³/mol. The Bertz CT molecular complexity index is 1430. The molecule has 0 atom stereocenters. The number of benzene rings is 2. The number of aromatic nitrogens is 4. The summed E-state index contributed by atoms with van der Waals surface area (Å²) in [6.07, 6.45) is -4.75. The lowest BCUT2D eigenvalue weighted by molar-refractivity contribution is -0.137. The van der Waals surface area contributed by atoms with Gasteiger partial charge in [0.25, 0.3) is 5.16 Å². The molecule has 2 aromatic heterocycles. The fourth-order valence-corrected chi connectivity index (χ4v) is 5.54. The van der Waals surface area contributed by atoms with Gasteiger partial charge in [-0.15, -0.1) is 21.5 Å². The predicted octanol–water partition coefficient (Wildman–Crippen LogP) is 5.65. The van der Waals surface area contributed by atoms with Gasteiger partial charge in [-0.25, -0.2) is 17.8 Å². The topological polar surface area (TPSA) is 77.7 Å². The molecule has 0 N–H and O–H groups in total. The van der Waals surface area contributed by atoms with Crippen molar-refractivity contribution in [1.82, 2.24) is 19.7 Å². The van der Waals surface area contributed by atoms with E-state index in [1.807, 2.05) is 19.2 Å². The molecule has 4 aromatic rings. The first kappa shape index (κ1) is 24.0. The second-order valence-electron chi connectivity index (χ2n) is 7.77. The van der Waals surface area contributed by atoms with Crippen molar-refractivity contribution in [2.45, 2.75) is 36.9 Å². The van der Waals surface area contributed by atoms with Gasteiger partial charge in [-0.05, 0) is 30.2 Å². The van der Waals surface area contributed by atoms with Gasteiger partial charge in [0, 0.05) is 16.6 Å². The Hall–Kier alpha value is -3.12. The zero-order valence-corrected chi connectivity index (χ0v) is 19.5. The minimum absolute atomic E-state index is 0.143. The molecule has 178 valence electrons. The molecule has 34 heavy (non-hydrogen) atoms. The molecular formula is C22H18F4N4O2S2. The highest BCUT2D eigenvalue weighted by molar-refractivity contribution is 7.90. The van der Waals surface area contributed by atoms with E-state index in [0.29, 0.717) is 16.8 Å². The molecule has 2 aromatic carbocycles. The van der Waals surface area contributed by atoms with E-state index in [2.05, 4.69) is 15.2 Å². The number of halogens is 4. The van der Waals surface area contributed by atoms with Crippen molar-refractivity contribution in [1.29, 1.82) is 0 Å². The van der Waals surface area contributed by atoms with Crippen molar-refractivity contribution < 1.29 is 26.0 Å². The van der Waals surface area contributed by atoms with E-state index in [1.165, 1.54) is 15.9 Å². The molecule has 0 amide bonds. The van der Waals surface area contributed by atoms with Crippen LogP contribution in [0.4, 0.5) is 17.6 Å². The zero-order chi connectivity index (χ0) is 24.7. The lowest BCUT2D eigenvalue weighted by Crippen LogP contribution is -2.14. The molecule has 0 bridgehead atoms. The Balaban J connectivity index is 1.80. The van der Waals surface area contributed by atoms with Crippen molar-refractivity contribution in [2.75, 3.05) is 0 Å². The summed E-state index contributed by atoms with van der Waals surface area (Å²) in [6, 6.07) is 10.2. The molecule has 12 heteroatoms. The minimum atomic E-state index is -4.75. The molecule has 2 heterocycles. The molecule has 0 aliphatic rings. The Morgan fingerprint density at radius 2 is 1.76 bits per heavy atom. The maximum atomic E-state index is 14.4.